The van der Waals surface area contributed by atoms with Crippen LogP contribution in [0.15, 0.2) is 59.9 Å². The molecule has 1 aromatic carbocycles. The lowest BCUT2D eigenvalue weighted by Crippen LogP contribution is -2.14. The van der Waals surface area contributed by atoms with Crippen molar-refractivity contribution in [2.75, 3.05) is 11.1 Å². The number of thioether (sulfide) groups is 1. The molecule has 7 nitrogen and oxygen atoms in total. The van der Waals surface area contributed by atoms with Gasteiger partial charge in [0.2, 0.25) is 11.1 Å². The summed E-state index contributed by atoms with van der Waals surface area (Å²) in [7, 11) is 0. The molecule has 0 atom stereocenters. The molecule has 3 aromatic heterocycles. The van der Waals surface area contributed by atoms with Crippen molar-refractivity contribution in [3.05, 3.63) is 66.1 Å². The number of hydrogen-bond donors (Lipinski definition) is 1. The fourth-order valence-electron chi connectivity index (χ4n) is 2.51. The number of benzene rings is 1. The molecule has 1 amide bonds. The molecule has 0 radical (unpaired) electrons. The summed E-state index contributed by atoms with van der Waals surface area (Å²) in [6, 6.07) is 13.8. The average molecular weight is 394 g/mol. The van der Waals surface area contributed by atoms with Crippen LogP contribution in [0, 0.1) is 12.7 Å². The van der Waals surface area contributed by atoms with Crippen LogP contribution >= 0.6 is 11.8 Å². The zero-order chi connectivity index (χ0) is 19.5. The van der Waals surface area contributed by atoms with Gasteiger partial charge in [-0.25, -0.2) is 4.39 Å². The van der Waals surface area contributed by atoms with Crippen LogP contribution in [0.3, 0.4) is 0 Å². The third-order valence-corrected chi connectivity index (χ3v) is 4.87. The number of anilines is 1. The van der Waals surface area contributed by atoms with E-state index in [0.29, 0.717) is 27.7 Å². The Morgan fingerprint density at radius 2 is 2.04 bits per heavy atom. The molecule has 28 heavy (non-hydrogen) atoms. The van der Waals surface area contributed by atoms with E-state index in [0.717, 1.165) is 5.69 Å². The van der Waals surface area contributed by atoms with E-state index in [2.05, 4.69) is 25.6 Å². The average Bonchev–Trinajstić information content (AvgIpc) is 3.12. The van der Waals surface area contributed by atoms with E-state index in [9.17, 15) is 9.18 Å². The number of carbonyl (C=O) groups is 1. The van der Waals surface area contributed by atoms with Gasteiger partial charge in [0, 0.05) is 11.9 Å². The molecule has 0 aliphatic heterocycles. The molecule has 3 heterocycles. The van der Waals surface area contributed by atoms with Crippen LogP contribution in [-0.2, 0) is 4.79 Å². The SMILES string of the molecule is Cc1ccc(NC(=O)CSc2nnc3ccc(-c4ccccn4)nn23)cc1F. The van der Waals surface area contributed by atoms with E-state index in [-0.39, 0.29) is 17.5 Å². The van der Waals surface area contributed by atoms with Gasteiger partial charge in [-0.1, -0.05) is 23.9 Å². The van der Waals surface area contributed by atoms with Gasteiger partial charge in [-0.3, -0.25) is 9.78 Å². The Morgan fingerprint density at radius 3 is 2.82 bits per heavy atom. The third kappa shape index (κ3) is 3.84. The number of rotatable bonds is 5. The topological polar surface area (TPSA) is 85.1 Å². The van der Waals surface area contributed by atoms with Gasteiger partial charge >= 0.3 is 0 Å². The van der Waals surface area contributed by atoms with Crippen molar-refractivity contribution in [1.29, 1.82) is 0 Å². The summed E-state index contributed by atoms with van der Waals surface area (Å²) in [6.45, 7) is 1.67. The number of nitrogens with zero attached hydrogens (tertiary/aromatic N) is 5. The van der Waals surface area contributed by atoms with E-state index in [1.165, 1.54) is 17.8 Å². The Kier molecular flexibility index (Phi) is 4.98. The zero-order valence-electron chi connectivity index (χ0n) is 14.8. The Hall–Kier alpha value is -3.33. The number of aromatic nitrogens is 5. The maximum Gasteiger partial charge on any atom is 0.234 e. The predicted molar refractivity (Wildman–Crippen MR) is 105 cm³/mol. The number of halogens is 1. The van der Waals surface area contributed by atoms with Crippen LogP contribution < -0.4 is 5.32 Å². The molecule has 0 fully saturated rings. The first kappa shape index (κ1) is 18.1. The van der Waals surface area contributed by atoms with Crippen molar-refractivity contribution < 1.29 is 9.18 Å². The molecule has 0 unspecified atom stereocenters. The Morgan fingerprint density at radius 1 is 1.14 bits per heavy atom. The molecule has 0 saturated heterocycles. The molecule has 4 rings (SSSR count). The molecular formula is C19H15FN6OS. The summed E-state index contributed by atoms with van der Waals surface area (Å²) in [5.74, 6) is -0.544. The predicted octanol–water partition coefficient (Wildman–Crippen LogP) is 3.36. The molecule has 140 valence electrons. The zero-order valence-corrected chi connectivity index (χ0v) is 15.7. The van der Waals surface area contributed by atoms with Crippen molar-refractivity contribution in [1.82, 2.24) is 24.8 Å². The largest absolute Gasteiger partial charge is 0.325 e. The van der Waals surface area contributed by atoms with Gasteiger partial charge in [0.25, 0.3) is 0 Å². The molecule has 9 heteroatoms. The minimum Gasteiger partial charge on any atom is -0.325 e. The number of amides is 1. The lowest BCUT2D eigenvalue weighted by atomic mass is 10.2. The number of nitrogens with one attached hydrogen (secondary N) is 1. The van der Waals surface area contributed by atoms with E-state index in [4.69, 9.17) is 0 Å². The molecular weight excluding hydrogens is 379 g/mol. The maximum absolute atomic E-state index is 13.6. The van der Waals surface area contributed by atoms with Gasteiger partial charge in [-0.05, 0) is 48.9 Å². The number of aryl methyl sites for hydroxylation is 1. The molecule has 1 N–H and O–H groups in total. The van der Waals surface area contributed by atoms with Crippen LogP contribution in [0.4, 0.5) is 10.1 Å². The Balaban J connectivity index is 1.48. The van der Waals surface area contributed by atoms with Crippen LogP contribution in [0.1, 0.15) is 5.56 Å². The highest BCUT2D eigenvalue weighted by Crippen LogP contribution is 2.20. The quantitative estimate of drug-likeness (QED) is 0.523. The van der Waals surface area contributed by atoms with E-state index in [1.807, 2.05) is 24.3 Å². The number of pyridine rings is 1. The van der Waals surface area contributed by atoms with E-state index < -0.39 is 0 Å². The summed E-state index contributed by atoms with van der Waals surface area (Å²) < 4.78 is 15.2. The Bertz CT molecular complexity index is 1150. The molecule has 0 aliphatic carbocycles. The normalized spacial score (nSPS) is 10.9. The molecule has 4 aromatic rings. The van der Waals surface area contributed by atoms with Gasteiger partial charge in [0.1, 0.15) is 11.5 Å². The molecule has 0 saturated carbocycles. The van der Waals surface area contributed by atoms with E-state index >= 15 is 0 Å². The van der Waals surface area contributed by atoms with Crippen molar-refractivity contribution >= 4 is 29.0 Å². The van der Waals surface area contributed by atoms with Gasteiger partial charge in [0.15, 0.2) is 5.65 Å². The first-order valence-corrected chi connectivity index (χ1v) is 9.41. The fourth-order valence-corrected chi connectivity index (χ4v) is 3.20. The Labute approximate surface area is 164 Å². The number of fused-ring (bicyclic) bond motifs is 1. The van der Waals surface area contributed by atoms with E-state index in [1.54, 1.807) is 35.8 Å². The number of carbonyl (C=O) groups excluding carboxylic acids is 1. The fraction of sp³-hybridized carbons (Fsp3) is 0.105. The summed E-state index contributed by atoms with van der Waals surface area (Å²) in [4.78, 5) is 16.5. The van der Waals surface area contributed by atoms with Crippen LogP contribution in [0.2, 0.25) is 0 Å². The number of hydrogen-bond acceptors (Lipinski definition) is 6. The van der Waals surface area contributed by atoms with Gasteiger partial charge in [-0.15, -0.1) is 10.2 Å². The minimum absolute atomic E-state index is 0.0891. The highest BCUT2D eigenvalue weighted by atomic mass is 32.2. The second kappa shape index (κ2) is 7.73. The van der Waals surface area contributed by atoms with Crippen molar-refractivity contribution in [3.8, 4) is 11.4 Å². The molecule has 0 spiro atoms. The second-order valence-corrected chi connectivity index (χ2v) is 6.93. The second-order valence-electron chi connectivity index (χ2n) is 5.99. The summed E-state index contributed by atoms with van der Waals surface area (Å²) >= 11 is 1.20. The van der Waals surface area contributed by atoms with Crippen molar-refractivity contribution in [3.63, 3.8) is 0 Å². The molecule has 0 aliphatic rings. The standard InChI is InChI=1S/C19H15FN6OS/c1-12-5-6-13(10-14(12)20)22-18(27)11-28-19-24-23-17-8-7-16(25-26(17)19)15-4-2-3-9-21-15/h2-10H,11H2,1H3,(H,22,27). The van der Waals surface area contributed by atoms with Crippen molar-refractivity contribution in [2.45, 2.75) is 12.1 Å². The first-order valence-electron chi connectivity index (χ1n) is 8.43. The molecule has 0 bridgehead atoms. The first-order chi connectivity index (χ1) is 13.6. The monoisotopic (exact) mass is 394 g/mol. The highest BCUT2D eigenvalue weighted by Gasteiger charge is 2.12. The lowest BCUT2D eigenvalue weighted by molar-refractivity contribution is -0.113. The summed E-state index contributed by atoms with van der Waals surface area (Å²) in [6.07, 6.45) is 1.70. The third-order valence-electron chi connectivity index (χ3n) is 3.95. The van der Waals surface area contributed by atoms with Crippen molar-refractivity contribution in [2.24, 2.45) is 0 Å². The van der Waals surface area contributed by atoms with Gasteiger partial charge in [-0.2, -0.15) is 9.61 Å². The van der Waals surface area contributed by atoms with Crippen LogP contribution in [0.5, 0.6) is 0 Å². The van der Waals surface area contributed by atoms with Crippen LogP contribution in [0.25, 0.3) is 17.0 Å². The van der Waals surface area contributed by atoms with Gasteiger partial charge < -0.3 is 5.32 Å². The van der Waals surface area contributed by atoms with Gasteiger partial charge in [0.05, 0.1) is 11.4 Å². The minimum atomic E-state index is -0.361. The smallest absolute Gasteiger partial charge is 0.234 e. The summed E-state index contributed by atoms with van der Waals surface area (Å²) in [5, 5.41) is 15.8. The highest BCUT2D eigenvalue weighted by molar-refractivity contribution is 7.99. The lowest BCUT2D eigenvalue weighted by Gasteiger charge is -2.06. The summed E-state index contributed by atoms with van der Waals surface area (Å²) in [5.41, 5.74) is 2.91. The maximum atomic E-state index is 13.6. The van der Waals surface area contributed by atoms with Crippen LogP contribution in [-0.4, -0.2) is 36.5 Å².